The average Bonchev–Trinajstić information content (AvgIpc) is 3.44. The molecule has 24 heavy (non-hydrogen) atoms. The largest absolute Gasteiger partial charge is 0.494 e. The van der Waals surface area contributed by atoms with Crippen LogP contribution in [-0.2, 0) is 4.79 Å². The van der Waals surface area contributed by atoms with Gasteiger partial charge in [0.25, 0.3) is 0 Å². The quantitative estimate of drug-likeness (QED) is 0.345. The van der Waals surface area contributed by atoms with Gasteiger partial charge in [-0.15, -0.1) is 0 Å². The number of nitrogens with one attached hydrogen (secondary N) is 3. The van der Waals surface area contributed by atoms with Crippen molar-refractivity contribution in [1.29, 1.82) is 0 Å². The molecule has 1 aliphatic carbocycles. The van der Waals surface area contributed by atoms with Crippen molar-refractivity contribution < 1.29 is 9.53 Å². The van der Waals surface area contributed by atoms with Gasteiger partial charge in [-0.05, 0) is 31.9 Å². The second-order valence-corrected chi connectivity index (χ2v) is 5.77. The van der Waals surface area contributed by atoms with Gasteiger partial charge >= 0.3 is 0 Å². The molecule has 1 aromatic rings. The summed E-state index contributed by atoms with van der Waals surface area (Å²) in [5, 5.41) is 9.36. The number of nitrogens with zero attached hydrogens (tertiary/aromatic N) is 1. The van der Waals surface area contributed by atoms with Gasteiger partial charge < -0.3 is 20.7 Å². The Labute approximate surface area is 144 Å². The molecule has 0 radical (unpaired) electrons. The van der Waals surface area contributed by atoms with E-state index in [1.165, 1.54) is 0 Å². The van der Waals surface area contributed by atoms with E-state index >= 15 is 0 Å². The van der Waals surface area contributed by atoms with Gasteiger partial charge in [0.15, 0.2) is 5.96 Å². The fraction of sp³-hybridized carbons (Fsp3) is 0.556. The maximum Gasteiger partial charge on any atom is 0.223 e. The molecule has 0 aliphatic heterocycles. The summed E-state index contributed by atoms with van der Waals surface area (Å²) in [5.74, 6) is 2.10. The number of benzene rings is 1. The van der Waals surface area contributed by atoms with Crippen molar-refractivity contribution >= 4 is 11.9 Å². The van der Waals surface area contributed by atoms with Crippen LogP contribution in [0.25, 0.3) is 0 Å². The molecule has 1 amide bonds. The molecule has 132 valence electrons. The highest BCUT2D eigenvalue weighted by molar-refractivity contribution is 5.81. The first kappa shape index (κ1) is 18.1. The van der Waals surface area contributed by atoms with Crippen LogP contribution >= 0.6 is 0 Å². The highest BCUT2D eigenvalue weighted by Gasteiger charge is 2.28. The first-order chi connectivity index (χ1) is 11.8. The normalized spacial score (nSPS) is 14.1. The molecule has 1 saturated carbocycles. The van der Waals surface area contributed by atoms with Crippen LogP contribution in [0.15, 0.2) is 35.3 Å². The van der Waals surface area contributed by atoms with Crippen LogP contribution in [0.3, 0.4) is 0 Å². The van der Waals surface area contributed by atoms with Gasteiger partial charge in [0.2, 0.25) is 5.91 Å². The Bertz CT molecular complexity index is 515. The number of hydrogen-bond donors (Lipinski definition) is 3. The Morgan fingerprint density at radius 2 is 1.92 bits per heavy atom. The molecule has 0 saturated heterocycles. The Hall–Kier alpha value is -2.24. The lowest BCUT2D eigenvalue weighted by molar-refractivity contribution is -0.122. The maximum absolute atomic E-state index is 11.5. The van der Waals surface area contributed by atoms with E-state index in [4.69, 9.17) is 4.74 Å². The lowest BCUT2D eigenvalue weighted by Crippen LogP contribution is -2.41. The summed E-state index contributed by atoms with van der Waals surface area (Å²) >= 11 is 0. The topological polar surface area (TPSA) is 74.8 Å². The monoisotopic (exact) mass is 332 g/mol. The van der Waals surface area contributed by atoms with Crippen molar-refractivity contribution in [3.05, 3.63) is 30.3 Å². The Morgan fingerprint density at radius 1 is 1.17 bits per heavy atom. The van der Waals surface area contributed by atoms with Crippen LogP contribution in [0, 0.1) is 5.92 Å². The predicted octanol–water partition coefficient (Wildman–Crippen LogP) is 1.54. The maximum atomic E-state index is 11.5. The van der Waals surface area contributed by atoms with Gasteiger partial charge in [-0.25, -0.2) is 0 Å². The van der Waals surface area contributed by atoms with Crippen LogP contribution in [0.5, 0.6) is 5.75 Å². The fourth-order valence-corrected chi connectivity index (χ4v) is 2.16. The second kappa shape index (κ2) is 10.5. The van der Waals surface area contributed by atoms with E-state index in [0.717, 1.165) is 37.5 Å². The van der Waals surface area contributed by atoms with Crippen molar-refractivity contribution in [2.24, 2.45) is 10.9 Å². The minimum Gasteiger partial charge on any atom is -0.494 e. The number of ether oxygens (including phenoxy) is 1. The number of guanidine groups is 1. The van der Waals surface area contributed by atoms with Gasteiger partial charge in [0.1, 0.15) is 5.75 Å². The lowest BCUT2D eigenvalue weighted by Gasteiger charge is -2.12. The third kappa shape index (κ3) is 7.35. The third-order valence-electron chi connectivity index (χ3n) is 3.59. The summed E-state index contributed by atoms with van der Waals surface area (Å²) in [6, 6.07) is 9.79. The standard InChI is InChI=1S/C18H28N4O2/c1-2-19-18(22-13-12-20-17(23)15-9-10-15)21-11-6-14-24-16-7-4-3-5-8-16/h3-5,7-8,15H,2,6,9-14H2,1H3,(H,20,23)(H2,19,21,22). The molecule has 6 nitrogen and oxygen atoms in total. The van der Waals surface area contributed by atoms with E-state index < -0.39 is 0 Å². The minimum absolute atomic E-state index is 0.178. The molecular weight excluding hydrogens is 304 g/mol. The number of carbonyl (C=O) groups is 1. The zero-order valence-corrected chi connectivity index (χ0v) is 14.4. The number of hydrogen-bond acceptors (Lipinski definition) is 3. The number of carbonyl (C=O) groups excluding carboxylic acids is 1. The molecule has 0 aromatic heterocycles. The molecule has 1 fully saturated rings. The van der Waals surface area contributed by atoms with Crippen molar-refractivity contribution in [3.8, 4) is 5.75 Å². The molecule has 6 heteroatoms. The average molecular weight is 332 g/mol. The van der Waals surface area contributed by atoms with E-state index in [-0.39, 0.29) is 11.8 Å². The number of rotatable bonds is 10. The van der Waals surface area contributed by atoms with Crippen molar-refractivity contribution in [1.82, 2.24) is 16.0 Å². The first-order valence-corrected chi connectivity index (χ1v) is 8.77. The molecule has 1 aromatic carbocycles. The zero-order chi connectivity index (χ0) is 17.0. The molecule has 0 unspecified atom stereocenters. The fourth-order valence-electron chi connectivity index (χ4n) is 2.16. The highest BCUT2D eigenvalue weighted by Crippen LogP contribution is 2.28. The number of para-hydroxylation sites is 1. The van der Waals surface area contributed by atoms with Gasteiger partial charge in [-0.1, -0.05) is 18.2 Å². The smallest absolute Gasteiger partial charge is 0.223 e. The Morgan fingerprint density at radius 3 is 2.62 bits per heavy atom. The van der Waals surface area contributed by atoms with Crippen molar-refractivity contribution in [2.45, 2.75) is 26.2 Å². The molecule has 0 spiro atoms. The van der Waals surface area contributed by atoms with Crippen molar-refractivity contribution in [3.63, 3.8) is 0 Å². The highest BCUT2D eigenvalue weighted by atomic mass is 16.5. The molecule has 3 N–H and O–H groups in total. The molecular formula is C18H28N4O2. The summed E-state index contributed by atoms with van der Waals surface area (Å²) in [5.41, 5.74) is 0. The van der Waals surface area contributed by atoms with Gasteiger partial charge in [-0.2, -0.15) is 0 Å². The van der Waals surface area contributed by atoms with Crippen LogP contribution in [0.4, 0.5) is 0 Å². The second-order valence-electron chi connectivity index (χ2n) is 5.77. The zero-order valence-electron chi connectivity index (χ0n) is 14.4. The Kier molecular flexibility index (Phi) is 7.93. The first-order valence-electron chi connectivity index (χ1n) is 8.77. The van der Waals surface area contributed by atoms with E-state index in [2.05, 4.69) is 20.9 Å². The molecule has 2 rings (SSSR count). The van der Waals surface area contributed by atoms with Crippen LogP contribution < -0.4 is 20.7 Å². The van der Waals surface area contributed by atoms with Crippen LogP contribution in [-0.4, -0.2) is 44.7 Å². The summed E-state index contributed by atoms with van der Waals surface area (Å²) in [6.45, 7) is 5.47. The summed E-state index contributed by atoms with van der Waals surface area (Å²) in [7, 11) is 0. The number of amides is 1. The summed E-state index contributed by atoms with van der Waals surface area (Å²) in [6.07, 6.45) is 2.92. The molecule has 1 aliphatic rings. The number of aliphatic imine (C=N–C) groups is 1. The third-order valence-corrected chi connectivity index (χ3v) is 3.59. The predicted molar refractivity (Wildman–Crippen MR) is 96.3 cm³/mol. The van der Waals surface area contributed by atoms with E-state index in [0.29, 0.717) is 26.2 Å². The van der Waals surface area contributed by atoms with Gasteiger partial charge in [-0.3, -0.25) is 9.79 Å². The van der Waals surface area contributed by atoms with Crippen LogP contribution in [0.1, 0.15) is 26.2 Å². The van der Waals surface area contributed by atoms with E-state index in [1.807, 2.05) is 37.3 Å². The van der Waals surface area contributed by atoms with Crippen molar-refractivity contribution in [2.75, 3.05) is 32.8 Å². The van der Waals surface area contributed by atoms with Gasteiger partial charge in [0, 0.05) is 38.5 Å². The van der Waals surface area contributed by atoms with Crippen LogP contribution in [0.2, 0.25) is 0 Å². The molecule has 0 heterocycles. The Balaban J connectivity index is 1.57. The molecule has 0 bridgehead atoms. The van der Waals surface area contributed by atoms with E-state index in [9.17, 15) is 4.79 Å². The van der Waals surface area contributed by atoms with Gasteiger partial charge in [0.05, 0.1) is 6.61 Å². The summed E-state index contributed by atoms with van der Waals surface area (Å²) in [4.78, 5) is 16.0. The minimum atomic E-state index is 0.178. The summed E-state index contributed by atoms with van der Waals surface area (Å²) < 4.78 is 5.64. The van der Waals surface area contributed by atoms with E-state index in [1.54, 1.807) is 0 Å². The lowest BCUT2D eigenvalue weighted by atomic mass is 10.3. The molecule has 0 atom stereocenters. The SMILES string of the molecule is CCNC(=NCCCOc1ccccc1)NCCNC(=O)C1CC1.